The molecule has 0 N–H and O–H groups in total. The van der Waals surface area contributed by atoms with Gasteiger partial charge in [0.15, 0.2) is 0 Å². The van der Waals surface area contributed by atoms with Crippen molar-refractivity contribution < 1.29 is 4.42 Å². The second-order valence-electron chi connectivity index (χ2n) is 13.6. The fourth-order valence-corrected chi connectivity index (χ4v) is 7.93. The molecule has 0 atom stereocenters. The molecule has 0 bridgehead atoms. The lowest BCUT2D eigenvalue weighted by atomic mass is 9.94. The third-order valence-electron chi connectivity index (χ3n) is 10.5. The van der Waals surface area contributed by atoms with Crippen LogP contribution in [0.5, 0.6) is 0 Å². The van der Waals surface area contributed by atoms with Gasteiger partial charge in [-0.25, -0.2) is 0 Å². The summed E-state index contributed by atoms with van der Waals surface area (Å²) in [6.07, 6.45) is 6.62. The van der Waals surface area contributed by atoms with E-state index >= 15 is 0 Å². The van der Waals surface area contributed by atoms with Gasteiger partial charge in [0.1, 0.15) is 11.2 Å². The quantitative estimate of drug-likeness (QED) is 0.176. The number of aryl methyl sites for hydroxylation is 1. The number of hydrogen-bond acceptors (Lipinski definition) is 2. The van der Waals surface area contributed by atoms with Gasteiger partial charge in [0.05, 0.1) is 5.69 Å². The molecule has 52 heavy (non-hydrogen) atoms. The van der Waals surface area contributed by atoms with E-state index in [1.165, 1.54) is 49.5 Å². The highest BCUT2D eigenvalue weighted by atomic mass is 16.3. The van der Waals surface area contributed by atoms with Crippen LogP contribution >= 0.6 is 0 Å². The summed E-state index contributed by atoms with van der Waals surface area (Å²) in [7, 11) is 0. The molecule has 0 aliphatic heterocycles. The maximum atomic E-state index is 6.41. The molecule has 246 valence electrons. The van der Waals surface area contributed by atoms with Crippen LogP contribution < -0.4 is 4.90 Å². The van der Waals surface area contributed by atoms with E-state index in [1.807, 2.05) is 0 Å². The van der Waals surface area contributed by atoms with E-state index in [9.17, 15) is 0 Å². The van der Waals surface area contributed by atoms with Crippen molar-refractivity contribution in [3.63, 3.8) is 0 Å². The number of fused-ring (bicyclic) bond motifs is 5. The van der Waals surface area contributed by atoms with E-state index in [0.29, 0.717) is 0 Å². The van der Waals surface area contributed by atoms with Crippen molar-refractivity contribution in [1.29, 1.82) is 0 Å². The Hall–Kier alpha value is -6.64. The van der Waals surface area contributed by atoms with Crippen molar-refractivity contribution in [2.45, 2.75) is 12.8 Å². The lowest BCUT2D eigenvalue weighted by Crippen LogP contribution is -2.11. The topological polar surface area (TPSA) is 16.4 Å². The minimum absolute atomic E-state index is 0.916. The van der Waals surface area contributed by atoms with E-state index in [4.69, 9.17) is 4.42 Å². The van der Waals surface area contributed by atoms with Gasteiger partial charge in [-0.2, -0.15) is 0 Å². The van der Waals surface area contributed by atoms with Crippen LogP contribution in [0.25, 0.3) is 72.2 Å². The molecule has 0 radical (unpaired) electrons. The van der Waals surface area contributed by atoms with Gasteiger partial charge in [-0.3, -0.25) is 0 Å². The summed E-state index contributed by atoms with van der Waals surface area (Å²) in [5.41, 5.74) is 14.9. The maximum Gasteiger partial charge on any atom is 0.136 e. The van der Waals surface area contributed by atoms with Crippen molar-refractivity contribution in [2.24, 2.45) is 0 Å². The molecule has 0 saturated heterocycles. The van der Waals surface area contributed by atoms with Crippen molar-refractivity contribution in [2.75, 3.05) is 4.90 Å². The fraction of sp³-hybridized carbons (Fsp3) is 0.0400. The minimum Gasteiger partial charge on any atom is -0.456 e. The molecule has 0 saturated carbocycles. The van der Waals surface area contributed by atoms with E-state index in [0.717, 1.165) is 57.6 Å². The molecular weight excluding hydrogens is 631 g/mol. The fourth-order valence-electron chi connectivity index (χ4n) is 7.93. The van der Waals surface area contributed by atoms with Gasteiger partial charge in [-0.1, -0.05) is 133 Å². The molecule has 2 heteroatoms. The van der Waals surface area contributed by atoms with Gasteiger partial charge in [0.25, 0.3) is 0 Å². The molecule has 0 unspecified atom stereocenters. The monoisotopic (exact) mass is 665 g/mol. The van der Waals surface area contributed by atoms with E-state index in [-0.39, 0.29) is 0 Å². The molecule has 10 rings (SSSR count). The lowest BCUT2D eigenvalue weighted by molar-refractivity contribution is 0.668. The Bertz CT molecular complexity index is 2780. The smallest absolute Gasteiger partial charge is 0.136 e. The zero-order valence-corrected chi connectivity index (χ0v) is 28.7. The Morgan fingerprint density at radius 3 is 2.10 bits per heavy atom. The van der Waals surface area contributed by atoms with Gasteiger partial charge >= 0.3 is 0 Å². The Labute approximate surface area is 303 Å². The van der Waals surface area contributed by atoms with Gasteiger partial charge in [-0.15, -0.1) is 0 Å². The average molecular weight is 666 g/mol. The zero-order valence-electron chi connectivity index (χ0n) is 28.7. The zero-order chi connectivity index (χ0) is 34.4. The summed E-state index contributed by atoms with van der Waals surface area (Å²) in [4.78, 5) is 2.40. The highest BCUT2D eigenvalue weighted by molar-refractivity contribution is 6.08. The predicted molar refractivity (Wildman–Crippen MR) is 220 cm³/mol. The number of furan rings is 1. The summed E-state index contributed by atoms with van der Waals surface area (Å²) in [6, 6.07) is 63.6. The molecule has 1 aliphatic carbocycles. The summed E-state index contributed by atoms with van der Waals surface area (Å²) in [6.45, 7) is 0. The van der Waals surface area contributed by atoms with Gasteiger partial charge < -0.3 is 9.32 Å². The standard InChI is InChI=1S/C50H35NO/c1-2-12-34(13-3-1)37-18-10-19-42(30-37)51(41-27-24-36(25-28-41)44-22-11-17-35-14-6-7-20-43(35)44)48-23-9-8-21-45(48)40-26-29-49-46(32-40)47-31-38-15-4-5-16-39(38)33-50(47)52-49/h1-3,5-14,16-33H,4,15H2. The molecular formula is C50H35NO. The van der Waals surface area contributed by atoms with Crippen LogP contribution in [0.3, 0.4) is 0 Å². The third-order valence-corrected chi connectivity index (χ3v) is 10.5. The molecule has 1 heterocycles. The SMILES string of the molecule is C1=Cc2cc3oc4ccc(-c5ccccc5N(c5ccc(-c6cccc7ccccc67)cc5)c5cccc(-c6ccccc6)c5)cc4c3cc2CC1. The van der Waals surface area contributed by atoms with Gasteiger partial charge in [0, 0.05) is 27.7 Å². The van der Waals surface area contributed by atoms with Crippen LogP contribution in [-0.2, 0) is 6.42 Å². The second-order valence-corrected chi connectivity index (χ2v) is 13.6. The minimum atomic E-state index is 0.916. The molecule has 1 aliphatic rings. The summed E-state index contributed by atoms with van der Waals surface area (Å²) < 4.78 is 6.41. The van der Waals surface area contributed by atoms with Crippen LogP contribution in [-0.4, -0.2) is 0 Å². The first kappa shape index (κ1) is 30.2. The van der Waals surface area contributed by atoms with Crippen molar-refractivity contribution >= 4 is 55.8 Å². The predicted octanol–water partition coefficient (Wildman–Crippen LogP) is 14.2. The number of allylic oxidation sites excluding steroid dienone is 1. The van der Waals surface area contributed by atoms with E-state index in [1.54, 1.807) is 0 Å². The Morgan fingerprint density at radius 2 is 1.17 bits per heavy atom. The van der Waals surface area contributed by atoms with Crippen molar-refractivity contribution in [3.05, 3.63) is 193 Å². The van der Waals surface area contributed by atoms with Crippen LogP contribution in [0.1, 0.15) is 17.5 Å². The molecule has 1 aromatic heterocycles. The normalized spacial score (nSPS) is 12.4. The number of hydrogen-bond donors (Lipinski definition) is 0. The first-order valence-electron chi connectivity index (χ1n) is 18.1. The second kappa shape index (κ2) is 12.6. The summed E-state index contributed by atoms with van der Waals surface area (Å²) in [5.74, 6) is 0. The number of rotatable bonds is 6. The Morgan fingerprint density at radius 1 is 0.442 bits per heavy atom. The molecule has 0 spiro atoms. The summed E-state index contributed by atoms with van der Waals surface area (Å²) in [5, 5.41) is 4.84. The largest absolute Gasteiger partial charge is 0.456 e. The highest BCUT2D eigenvalue weighted by Crippen LogP contribution is 2.44. The van der Waals surface area contributed by atoms with E-state index < -0.39 is 0 Å². The number of para-hydroxylation sites is 1. The Balaban J connectivity index is 1.13. The first-order chi connectivity index (χ1) is 25.8. The first-order valence-corrected chi connectivity index (χ1v) is 18.1. The highest BCUT2D eigenvalue weighted by Gasteiger charge is 2.20. The van der Waals surface area contributed by atoms with Crippen LogP contribution in [0.4, 0.5) is 17.1 Å². The molecule has 0 amide bonds. The summed E-state index contributed by atoms with van der Waals surface area (Å²) >= 11 is 0. The average Bonchev–Trinajstić information content (AvgIpc) is 3.57. The maximum absolute atomic E-state index is 6.41. The van der Waals surface area contributed by atoms with Crippen molar-refractivity contribution in [3.8, 4) is 33.4 Å². The van der Waals surface area contributed by atoms with Crippen molar-refractivity contribution in [1.82, 2.24) is 0 Å². The molecule has 8 aromatic carbocycles. The van der Waals surface area contributed by atoms with Crippen LogP contribution in [0, 0.1) is 0 Å². The number of anilines is 3. The van der Waals surface area contributed by atoms with Crippen LogP contribution in [0.2, 0.25) is 0 Å². The lowest BCUT2D eigenvalue weighted by Gasteiger charge is -2.28. The number of nitrogens with zero attached hydrogens (tertiary/aromatic N) is 1. The number of benzene rings is 8. The molecule has 0 fully saturated rings. The molecule has 2 nitrogen and oxygen atoms in total. The third kappa shape index (κ3) is 5.28. The van der Waals surface area contributed by atoms with Crippen LogP contribution in [0.15, 0.2) is 186 Å². The van der Waals surface area contributed by atoms with Gasteiger partial charge in [0.2, 0.25) is 0 Å². The van der Waals surface area contributed by atoms with Gasteiger partial charge in [-0.05, 0) is 117 Å². The Kier molecular flexibility index (Phi) is 7.32. The molecule has 9 aromatic rings. The van der Waals surface area contributed by atoms with E-state index in [2.05, 4.69) is 193 Å².